The number of fused-ring (bicyclic) bond motifs is 2. The van der Waals surface area contributed by atoms with E-state index in [0.29, 0.717) is 30.2 Å². The van der Waals surface area contributed by atoms with Gasteiger partial charge in [0.25, 0.3) is 0 Å². The molecule has 3 heterocycles. The maximum atomic E-state index is 5.95. The minimum absolute atomic E-state index is 0. The first-order valence-corrected chi connectivity index (χ1v) is 10.0. The summed E-state index contributed by atoms with van der Waals surface area (Å²) in [5.41, 5.74) is 0. The molecule has 3 aliphatic heterocycles. The van der Waals surface area contributed by atoms with E-state index in [0.717, 1.165) is 18.9 Å². The average molecular weight is 464 g/mol. The van der Waals surface area contributed by atoms with E-state index in [4.69, 9.17) is 4.74 Å². The third kappa shape index (κ3) is 5.70. The van der Waals surface area contributed by atoms with Crippen LogP contribution in [0, 0.1) is 5.92 Å². The van der Waals surface area contributed by atoms with E-state index < -0.39 is 0 Å². The first-order chi connectivity index (χ1) is 11.7. The molecule has 3 rings (SSSR count). The molecule has 25 heavy (non-hydrogen) atoms. The summed E-state index contributed by atoms with van der Waals surface area (Å²) in [5, 5.41) is 7.20. The van der Waals surface area contributed by atoms with Crippen molar-refractivity contribution in [3.63, 3.8) is 0 Å². The third-order valence-electron chi connectivity index (χ3n) is 6.01. The fourth-order valence-electron chi connectivity index (χ4n) is 4.57. The van der Waals surface area contributed by atoms with Gasteiger partial charge in [0, 0.05) is 19.6 Å². The summed E-state index contributed by atoms with van der Waals surface area (Å²) in [6, 6.07) is 1.02. The minimum Gasteiger partial charge on any atom is -0.373 e. The van der Waals surface area contributed by atoms with E-state index in [1.54, 1.807) is 0 Å². The lowest BCUT2D eigenvalue weighted by atomic mass is 9.96. The molecule has 0 aromatic carbocycles. The lowest BCUT2D eigenvalue weighted by Gasteiger charge is -2.34. The van der Waals surface area contributed by atoms with Crippen LogP contribution in [-0.4, -0.2) is 61.8 Å². The van der Waals surface area contributed by atoms with Crippen molar-refractivity contribution in [2.75, 3.05) is 26.7 Å². The number of nitrogens with one attached hydrogen (secondary N) is 2. The van der Waals surface area contributed by atoms with Crippen LogP contribution in [0.15, 0.2) is 4.99 Å². The number of nitrogens with zero attached hydrogens (tertiary/aromatic N) is 2. The fraction of sp³-hybridized carbons (Fsp3) is 0.947. The normalized spacial score (nSPS) is 31.5. The monoisotopic (exact) mass is 464 g/mol. The van der Waals surface area contributed by atoms with Gasteiger partial charge >= 0.3 is 0 Å². The van der Waals surface area contributed by atoms with Gasteiger partial charge in [-0.25, -0.2) is 0 Å². The fourth-order valence-corrected chi connectivity index (χ4v) is 4.57. The molecule has 146 valence electrons. The molecule has 5 nitrogen and oxygen atoms in total. The maximum absolute atomic E-state index is 5.95. The van der Waals surface area contributed by atoms with Gasteiger partial charge in [-0.05, 0) is 51.1 Å². The molecule has 0 radical (unpaired) electrons. The summed E-state index contributed by atoms with van der Waals surface area (Å²) >= 11 is 0. The van der Waals surface area contributed by atoms with Crippen LogP contribution in [0.4, 0.5) is 0 Å². The lowest BCUT2D eigenvalue weighted by Crippen LogP contribution is -2.52. The highest BCUT2D eigenvalue weighted by molar-refractivity contribution is 14.0. The van der Waals surface area contributed by atoms with Gasteiger partial charge in [-0.1, -0.05) is 26.7 Å². The predicted octanol–water partition coefficient (Wildman–Crippen LogP) is 2.99. The van der Waals surface area contributed by atoms with E-state index in [-0.39, 0.29) is 24.0 Å². The molecule has 2 N–H and O–H groups in total. The molecule has 4 atom stereocenters. The van der Waals surface area contributed by atoms with Crippen molar-refractivity contribution in [1.29, 1.82) is 0 Å². The highest BCUT2D eigenvalue weighted by atomic mass is 127. The Bertz CT molecular complexity index is 424. The highest BCUT2D eigenvalue weighted by Crippen LogP contribution is 2.34. The highest BCUT2D eigenvalue weighted by Gasteiger charge is 2.41. The van der Waals surface area contributed by atoms with Crippen molar-refractivity contribution in [1.82, 2.24) is 15.5 Å². The largest absolute Gasteiger partial charge is 0.373 e. The first kappa shape index (κ1) is 21.2. The number of rotatable bonds is 5. The van der Waals surface area contributed by atoms with E-state index in [2.05, 4.69) is 34.4 Å². The van der Waals surface area contributed by atoms with Crippen LogP contribution >= 0.6 is 24.0 Å². The van der Waals surface area contributed by atoms with Crippen LogP contribution in [0.25, 0.3) is 0 Å². The van der Waals surface area contributed by atoms with Crippen LogP contribution in [0.1, 0.15) is 58.8 Å². The predicted molar refractivity (Wildman–Crippen MR) is 115 cm³/mol. The molecule has 0 aliphatic carbocycles. The van der Waals surface area contributed by atoms with Gasteiger partial charge in [0.1, 0.15) is 0 Å². The zero-order chi connectivity index (χ0) is 16.9. The summed E-state index contributed by atoms with van der Waals surface area (Å²) in [5.74, 6) is 1.59. The third-order valence-corrected chi connectivity index (χ3v) is 6.01. The number of aliphatic imine (C=N–C) groups is 1. The van der Waals surface area contributed by atoms with Crippen LogP contribution in [0.2, 0.25) is 0 Å². The SMILES string of the molecule is CN=C(NCC(C(C)C)N1CCCCCC1)NC1CC2CCC1O2.I. The molecule has 0 amide bonds. The van der Waals surface area contributed by atoms with Gasteiger partial charge in [-0.3, -0.25) is 9.89 Å². The summed E-state index contributed by atoms with van der Waals surface area (Å²) in [6.45, 7) is 8.15. The van der Waals surface area contributed by atoms with Crippen molar-refractivity contribution in [2.24, 2.45) is 10.9 Å². The molecular formula is C19H37IN4O. The van der Waals surface area contributed by atoms with Gasteiger partial charge in [0.05, 0.1) is 18.2 Å². The molecule has 4 unspecified atom stereocenters. The van der Waals surface area contributed by atoms with Crippen LogP contribution in [0.3, 0.4) is 0 Å². The molecule has 2 bridgehead atoms. The van der Waals surface area contributed by atoms with Gasteiger partial charge < -0.3 is 15.4 Å². The summed E-state index contributed by atoms with van der Waals surface area (Å²) in [4.78, 5) is 7.14. The molecule has 3 fully saturated rings. The van der Waals surface area contributed by atoms with Crippen molar-refractivity contribution in [2.45, 2.75) is 83.1 Å². The zero-order valence-electron chi connectivity index (χ0n) is 16.2. The van der Waals surface area contributed by atoms with Crippen LogP contribution < -0.4 is 10.6 Å². The number of hydrogen-bond donors (Lipinski definition) is 2. The smallest absolute Gasteiger partial charge is 0.191 e. The second-order valence-corrected chi connectivity index (χ2v) is 8.08. The van der Waals surface area contributed by atoms with Crippen molar-refractivity contribution < 1.29 is 4.74 Å². The Morgan fingerprint density at radius 2 is 1.88 bits per heavy atom. The van der Waals surface area contributed by atoms with Gasteiger partial charge in [-0.15, -0.1) is 24.0 Å². The topological polar surface area (TPSA) is 48.9 Å². The standard InChI is InChI=1S/C19H36N4O.HI/c1-14(2)17(23-10-6-4-5-7-11-23)13-21-19(20-3)22-16-12-15-8-9-18(16)24-15;/h14-18H,4-13H2,1-3H3,(H2,20,21,22);1H. The lowest BCUT2D eigenvalue weighted by molar-refractivity contribution is 0.0991. The molecule has 0 spiro atoms. The van der Waals surface area contributed by atoms with Crippen molar-refractivity contribution in [3.05, 3.63) is 0 Å². The first-order valence-electron chi connectivity index (χ1n) is 10.0. The Kier molecular flexibility index (Phi) is 8.75. The Morgan fingerprint density at radius 1 is 1.16 bits per heavy atom. The van der Waals surface area contributed by atoms with Gasteiger partial charge in [0.15, 0.2) is 5.96 Å². The van der Waals surface area contributed by atoms with E-state index in [9.17, 15) is 0 Å². The number of halogens is 1. The van der Waals surface area contributed by atoms with Crippen molar-refractivity contribution >= 4 is 29.9 Å². The molecular weight excluding hydrogens is 427 g/mol. The number of guanidine groups is 1. The molecule has 3 aliphatic rings. The quantitative estimate of drug-likeness (QED) is 0.373. The zero-order valence-corrected chi connectivity index (χ0v) is 18.5. The number of hydrogen-bond acceptors (Lipinski definition) is 3. The van der Waals surface area contributed by atoms with Gasteiger partial charge in [-0.2, -0.15) is 0 Å². The molecule has 0 saturated carbocycles. The Labute approximate surface area is 170 Å². The Morgan fingerprint density at radius 3 is 2.40 bits per heavy atom. The van der Waals surface area contributed by atoms with E-state index >= 15 is 0 Å². The summed E-state index contributed by atoms with van der Waals surface area (Å²) < 4.78 is 5.95. The van der Waals surface area contributed by atoms with E-state index in [1.165, 1.54) is 51.6 Å². The summed E-state index contributed by atoms with van der Waals surface area (Å²) in [7, 11) is 1.87. The second-order valence-electron chi connectivity index (χ2n) is 8.08. The molecule has 6 heteroatoms. The molecule has 0 aromatic rings. The summed E-state index contributed by atoms with van der Waals surface area (Å²) in [6.07, 6.45) is 9.90. The van der Waals surface area contributed by atoms with Crippen molar-refractivity contribution in [3.8, 4) is 0 Å². The maximum Gasteiger partial charge on any atom is 0.191 e. The van der Waals surface area contributed by atoms with Crippen LogP contribution in [0.5, 0.6) is 0 Å². The number of likely N-dealkylation sites (tertiary alicyclic amines) is 1. The molecule has 0 aromatic heterocycles. The second kappa shape index (κ2) is 10.3. The Hall–Kier alpha value is -0.0800. The number of ether oxygens (including phenoxy) is 1. The minimum atomic E-state index is 0. The van der Waals surface area contributed by atoms with E-state index in [1.807, 2.05) is 7.05 Å². The Balaban J connectivity index is 0.00000225. The van der Waals surface area contributed by atoms with Crippen LogP contribution in [-0.2, 0) is 4.74 Å². The molecule has 3 saturated heterocycles. The average Bonchev–Trinajstić information content (AvgIpc) is 3.08. The van der Waals surface area contributed by atoms with Gasteiger partial charge in [0.2, 0.25) is 0 Å².